The van der Waals surface area contributed by atoms with Crippen molar-refractivity contribution in [2.45, 2.75) is 271 Å². The molecule has 0 saturated carbocycles. The van der Waals surface area contributed by atoms with Crippen molar-refractivity contribution < 1.29 is 28.6 Å². The number of carbonyl (C=O) groups is 3. The monoisotopic (exact) mass is 1040 g/mol. The summed E-state index contributed by atoms with van der Waals surface area (Å²) in [4.78, 5) is 38.3. The molecule has 0 N–H and O–H groups in total. The van der Waals surface area contributed by atoms with Crippen molar-refractivity contribution in [3.8, 4) is 0 Å². The molecule has 0 heterocycles. The molecule has 0 aromatic heterocycles. The fraction of sp³-hybridized carbons (Fsp3) is 0.638. The Morgan fingerprint density at radius 1 is 0.280 bits per heavy atom. The molecule has 0 aliphatic heterocycles. The summed E-state index contributed by atoms with van der Waals surface area (Å²) in [5.41, 5.74) is 0. The van der Waals surface area contributed by atoms with Crippen LogP contribution in [0.25, 0.3) is 0 Å². The van der Waals surface area contributed by atoms with Crippen molar-refractivity contribution in [1.82, 2.24) is 0 Å². The van der Waals surface area contributed by atoms with Gasteiger partial charge in [-0.2, -0.15) is 0 Å². The van der Waals surface area contributed by atoms with Gasteiger partial charge in [0.15, 0.2) is 6.10 Å². The van der Waals surface area contributed by atoms with Crippen LogP contribution in [0.2, 0.25) is 0 Å². The van der Waals surface area contributed by atoms with E-state index in [1.54, 1.807) is 0 Å². The average molecular weight is 1040 g/mol. The van der Waals surface area contributed by atoms with Crippen LogP contribution in [-0.4, -0.2) is 37.2 Å². The summed E-state index contributed by atoms with van der Waals surface area (Å²) in [5, 5.41) is 0. The Balaban J connectivity index is 4.52. The van der Waals surface area contributed by atoms with Gasteiger partial charge in [0.05, 0.1) is 0 Å². The summed E-state index contributed by atoms with van der Waals surface area (Å²) in [5.74, 6) is -1.02. The van der Waals surface area contributed by atoms with Gasteiger partial charge in [-0.05, 0) is 122 Å². The van der Waals surface area contributed by atoms with E-state index in [0.717, 1.165) is 109 Å². The third kappa shape index (κ3) is 60.3. The predicted molar refractivity (Wildman–Crippen MR) is 325 cm³/mol. The molecule has 0 saturated heterocycles. The minimum Gasteiger partial charge on any atom is -0.462 e. The van der Waals surface area contributed by atoms with E-state index in [0.29, 0.717) is 19.3 Å². The maximum Gasteiger partial charge on any atom is 0.306 e. The number of hydrogen-bond acceptors (Lipinski definition) is 6. The zero-order valence-electron chi connectivity index (χ0n) is 48.5. The van der Waals surface area contributed by atoms with Crippen molar-refractivity contribution in [3.05, 3.63) is 134 Å². The minimum absolute atomic E-state index is 0.117. The molecule has 0 rings (SSSR count). The Bertz CT molecular complexity index is 1620. The molecule has 1 atom stereocenters. The lowest BCUT2D eigenvalue weighted by Crippen LogP contribution is -2.30. The standard InChI is InChI=1S/C69H112O6/c1-4-7-10-13-16-19-22-25-28-31-33-34-36-38-41-44-47-50-53-56-59-62-68(71)74-65-66(64-73-67(70)61-58-55-52-49-46-43-40-37-30-27-24-21-18-15-12-9-6-3)75-69(72)63-60-57-54-51-48-45-42-39-35-32-29-26-23-20-17-14-11-8-5-2/h8-9,11-12,17-18,20-22,25-27,29-31,33,35,39,45,48,54,57,66H,4-7,10,13-16,19,23-24,28,32,34,36-38,40-44,46-47,49-53,55-56,58-65H2,1-3H3/b11-8-,12-9-,20-17-,21-18-,25-22-,29-26-,30-27-,33-31-,39-35-,48-45-,57-54-. The number of esters is 3. The second-order valence-electron chi connectivity index (χ2n) is 19.8. The molecule has 6 heteroatoms. The SMILES string of the molecule is CC/C=C\C/C=C\C/C=C\C/C=C\C/C=C\C/C=C\CCC(=O)OC(COC(=O)CCCCCCCCC/C=C\C/C=C\C/C=C\CC)COC(=O)CCCCCCCCCCC/C=C\C/C=C\CCCCCCC. The van der Waals surface area contributed by atoms with Gasteiger partial charge in [0.2, 0.25) is 0 Å². The molecule has 1 unspecified atom stereocenters. The number of ether oxygens (including phenoxy) is 3. The minimum atomic E-state index is -0.831. The number of unbranched alkanes of at least 4 members (excludes halogenated alkanes) is 21. The smallest absolute Gasteiger partial charge is 0.306 e. The zero-order chi connectivity index (χ0) is 54.3. The van der Waals surface area contributed by atoms with E-state index in [1.165, 1.54) is 109 Å². The fourth-order valence-electron chi connectivity index (χ4n) is 8.10. The second-order valence-corrected chi connectivity index (χ2v) is 19.8. The number of allylic oxidation sites excluding steroid dienone is 22. The van der Waals surface area contributed by atoms with Crippen molar-refractivity contribution in [1.29, 1.82) is 0 Å². The molecule has 75 heavy (non-hydrogen) atoms. The van der Waals surface area contributed by atoms with Crippen LogP contribution in [0.5, 0.6) is 0 Å². The summed E-state index contributed by atoms with van der Waals surface area (Å²) in [6, 6.07) is 0. The van der Waals surface area contributed by atoms with E-state index < -0.39 is 12.1 Å². The molecular weight excluding hydrogens is 925 g/mol. The van der Waals surface area contributed by atoms with Crippen LogP contribution >= 0.6 is 0 Å². The quantitative estimate of drug-likeness (QED) is 0.0261. The molecule has 0 aromatic carbocycles. The third-order valence-corrected chi connectivity index (χ3v) is 12.6. The van der Waals surface area contributed by atoms with E-state index in [4.69, 9.17) is 14.2 Å². The van der Waals surface area contributed by atoms with Gasteiger partial charge in [0.25, 0.3) is 0 Å². The molecule has 0 aliphatic carbocycles. The Labute approximate surface area is 462 Å². The molecule has 0 bridgehead atoms. The Morgan fingerprint density at radius 2 is 0.547 bits per heavy atom. The highest BCUT2D eigenvalue weighted by atomic mass is 16.6. The normalized spacial score (nSPS) is 13.1. The molecule has 424 valence electrons. The topological polar surface area (TPSA) is 78.9 Å². The fourth-order valence-corrected chi connectivity index (χ4v) is 8.10. The first-order chi connectivity index (χ1) is 37.0. The van der Waals surface area contributed by atoms with Gasteiger partial charge in [0.1, 0.15) is 13.2 Å². The largest absolute Gasteiger partial charge is 0.462 e. The highest BCUT2D eigenvalue weighted by Gasteiger charge is 2.19. The molecule has 0 amide bonds. The first kappa shape index (κ1) is 70.5. The van der Waals surface area contributed by atoms with Crippen LogP contribution in [0, 0.1) is 0 Å². The van der Waals surface area contributed by atoms with E-state index in [1.807, 2.05) is 6.08 Å². The summed E-state index contributed by atoms with van der Waals surface area (Å²) in [7, 11) is 0. The Hall–Kier alpha value is -4.45. The van der Waals surface area contributed by atoms with E-state index in [-0.39, 0.29) is 31.6 Å². The van der Waals surface area contributed by atoms with Crippen LogP contribution in [0.15, 0.2) is 134 Å². The van der Waals surface area contributed by atoms with Crippen LogP contribution in [0.1, 0.15) is 265 Å². The van der Waals surface area contributed by atoms with E-state index >= 15 is 0 Å². The summed E-state index contributed by atoms with van der Waals surface area (Å²) < 4.78 is 16.8. The summed E-state index contributed by atoms with van der Waals surface area (Å²) >= 11 is 0. The lowest BCUT2D eigenvalue weighted by atomic mass is 10.1. The van der Waals surface area contributed by atoms with Gasteiger partial charge in [-0.15, -0.1) is 0 Å². The molecule has 0 aromatic rings. The molecule has 0 aliphatic rings. The van der Waals surface area contributed by atoms with Crippen molar-refractivity contribution in [3.63, 3.8) is 0 Å². The Morgan fingerprint density at radius 3 is 0.867 bits per heavy atom. The molecule has 6 nitrogen and oxygen atoms in total. The molecule has 0 fully saturated rings. The maximum absolute atomic E-state index is 12.9. The average Bonchev–Trinajstić information content (AvgIpc) is 3.41. The maximum atomic E-state index is 12.9. The van der Waals surface area contributed by atoms with Gasteiger partial charge in [-0.3, -0.25) is 14.4 Å². The van der Waals surface area contributed by atoms with Gasteiger partial charge in [-0.1, -0.05) is 257 Å². The van der Waals surface area contributed by atoms with Gasteiger partial charge >= 0.3 is 17.9 Å². The van der Waals surface area contributed by atoms with Crippen LogP contribution in [0.3, 0.4) is 0 Å². The Kier molecular flexibility index (Phi) is 58.4. The highest BCUT2D eigenvalue weighted by molar-refractivity contribution is 5.71. The van der Waals surface area contributed by atoms with Crippen molar-refractivity contribution >= 4 is 17.9 Å². The van der Waals surface area contributed by atoms with Crippen LogP contribution in [0.4, 0.5) is 0 Å². The van der Waals surface area contributed by atoms with Gasteiger partial charge in [-0.25, -0.2) is 0 Å². The zero-order valence-corrected chi connectivity index (χ0v) is 48.5. The summed E-state index contributed by atoms with van der Waals surface area (Å²) in [6.45, 7) is 6.34. The third-order valence-electron chi connectivity index (χ3n) is 12.6. The predicted octanol–water partition coefficient (Wildman–Crippen LogP) is 21.0. The van der Waals surface area contributed by atoms with Gasteiger partial charge < -0.3 is 14.2 Å². The van der Waals surface area contributed by atoms with E-state index in [9.17, 15) is 14.4 Å². The van der Waals surface area contributed by atoms with Crippen molar-refractivity contribution in [2.24, 2.45) is 0 Å². The van der Waals surface area contributed by atoms with Gasteiger partial charge in [0, 0.05) is 19.3 Å². The molecule has 0 radical (unpaired) electrons. The number of carbonyl (C=O) groups excluding carboxylic acids is 3. The number of hydrogen-bond donors (Lipinski definition) is 0. The lowest BCUT2D eigenvalue weighted by Gasteiger charge is -2.18. The van der Waals surface area contributed by atoms with E-state index in [2.05, 4.69) is 148 Å². The highest BCUT2D eigenvalue weighted by Crippen LogP contribution is 2.14. The van der Waals surface area contributed by atoms with Crippen molar-refractivity contribution in [2.75, 3.05) is 13.2 Å². The first-order valence-corrected chi connectivity index (χ1v) is 30.7. The van der Waals surface area contributed by atoms with Crippen LogP contribution in [-0.2, 0) is 28.6 Å². The lowest BCUT2D eigenvalue weighted by molar-refractivity contribution is -0.166. The first-order valence-electron chi connectivity index (χ1n) is 30.7. The molecular formula is C69H112O6. The second kappa shape index (κ2) is 62.1. The van der Waals surface area contributed by atoms with Crippen LogP contribution < -0.4 is 0 Å². The molecule has 0 spiro atoms. The number of rotatable bonds is 54. The summed E-state index contributed by atoms with van der Waals surface area (Å²) in [6.07, 6.45) is 87.4.